The van der Waals surface area contributed by atoms with Crippen molar-refractivity contribution in [3.05, 3.63) is 70.8 Å². The Morgan fingerprint density at radius 1 is 0.371 bits per heavy atom. The Balaban J connectivity index is 1.18. The summed E-state index contributed by atoms with van der Waals surface area (Å²) in [6, 6.07) is 18.7. The minimum atomic E-state index is -0.585. The Morgan fingerprint density at radius 2 is 0.600 bits per heavy atom. The smallest absolute Gasteiger partial charge is 0.0952 e. The zero-order valence-electron chi connectivity index (χ0n) is 21.0. The van der Waals surface area contributed by atoms with Crippen LogP contribution in [-0.4, -0.2) is 10.2 Å². The first-order valence-electron chi connectivity index (χ1n) is 14.7. The van der Waals surface area contributed by atoms with Crippen LogP contribution in [-0.2, 0) is 16.6 Å². The maximum atomic E-state index is 11.7. The molecule has 0 spiro atoms. The summed E-state index contributed by atoms with van der Waals surface area (Å²) in [5.41, 5.74) is 4.20. The molecule has 0 unspecified atom stereocenters. The molecule has 2 N–H and O–H groups in total. The van der Waals surface area contributed by atoms with Crippen molar-refractivity contribution in [1.29, 1.82) is 0 Å². The van der Waals surface area contributed by atoms with Gasteiger partial charge in [0.05, 0.1) is 11.2 Å². The Hall–Kier alpha value is -1.64. The molecular weight excluding hydrogens is 428 g/mol. The highest BCUT2D eigenvalue weighted by atomic mass is 16.3. The zero-order valence-corrected chi connectivity index (χ0v) is 21.0. The number of rotatable bonds is 4. The van der Waals surface area contributed by atoms with Crippen molar-refractivity contribution < 1.29 is 10.2 Å². The third-order valence-corrected chi connectivity index (χ3v) is 12.6. The maximum absolute atomic E-state index is 11.7. The molecule has 2 aromatic rings. The van der Waals surface area contributed by atoms with Crippen molar-refractivity contribution in [2.75, 3.05) is 0 Å². The summed E-state index contributed by atoms with van der Waals surface area (Å²) in [5, 5.41) is 23.4. The highest BCUT2D eigenvalue weighted by Gasteiger charge is 2.58. The summed E-state index contributed by atoms with van der Waals surface area (Å²) < 4.78 is 0. The maximum Gasteiger partial charge on any atom is 0.0952 e. The summed E-state index contributed by atoms with van der Waals surface area (Å²) in [6.45, 7) is 0. The molecule has 2 heteroatoms. The second kappa shape index (κ2) is 7.23. The normalized spacial score (nSPS) is 47.3. The van der Waals surface area contributed by atoms with Crippen LogP contribution in [0.25, 0.3) is 0 Å². The van der Waals surface area contributed by atoms with Gasteiger partial charge in [-0.3, -0.25) is 0 Å². The summed E-state index contributed by atoms with van der Waals surface area (Å²) in [5.74, 6) is 3.25. The predicted octanol–water partition coefficient (Wildman–Crippen LogP) is 6.81. The van der Waals surface area contributed by atoms with Crippen LogP contribution >= 0.6 is 0 Å². The molecule has 8 rings (SSSR count). The van der Waals surface area contributed by atoms with E-state index in [1.807, 2.05) is 0 Å². The van der Waals surface area contributed by atoms with Crippen LogP contribution in [0.4, 0.5) is 0 Å². The molecule has 2 nitrogen and oxygen atoms in total. The number of fused-ring (bicyclic) bond motifs is 6. The van der Waals surface area contributed by atoms with Gasteiger partial charge in [0, 0.05) is 5.41 Å². The number of aliphatic hydroxyl groups is 2. The molecule has 2 aromatic carbocycles. The fraction of sp³-hybridized carbons (Fsp3) is 0.636. The highest BCUT2D eigenvalue weighted by molar-refractivity contribution is 5.47. The second-order valence-corrected chi connectivity index (χ2v) is 13.3. The molecular formula is C33H40O2. The first-order valence-corrected chi connectivity index (χ1v) is 14.7. The molecule has 0 radical (unpaired) electrons. The number of benzene rings is 2. The Kier molecular flexibility index (Phi) is 4.43. The van der Waals surface area contributed by atoms with E-state index in [9.17, 15) is 10.2 Å². The monoisotopic (exact) mass is 468 g/mol. The van der Waals surface area contributed by atoms with Crippen molar-refractivity contribution in [2.45, 2.75) is 93.7 Å². The lowest BCUT2D eigenvalue weighted by molar-refractivity contribution is -0.0104. The molecule has 0 saturated heterocycles. The first kappa shape index (κ1) is 21.4. The van der Waals surface area contributed by atoms with Gasteiger partial charge >= 0.3 is 0 Å². The molecule has 6 aliphatic rings. The van der Waals surface area contributed by atoms with Crippen molar-refractivity contribution in [2.24, 2.45) is 35.5 Å². The van der Waals surface area contributed by atoms with Crippen molar-refractivity contribution in [3.8, 4) is 0 Å². The third kappa shape index (κ3) is 2.54. The van der Waals surface area contributed by atoms with Crippen LogP contribution in [0.15, 0.2) is 48.5 Å². The average molecular weight is 469 g/mol. The predicted molar refractivity (Wildman–Crippen MR) is 138 cm³/mol. The number of hydrogen-bond donors (Lipinski definition) is 2. The molecule has 6 saturated carbocycles. The zero-order chi connectivity index (χ0) is 23.4. The minimum Gasteiger partial charge on any atom is -0.385 e. The Labute approximate surface area is 210 Å². The van der Waals surface area contributed by atoms with E-state index in [1.165, 1.54) is 99.3 Å². The van der Waals surface area contributed by atoms with E-state index in [0.29, 0.717) is 35.5 Å². The van der Waals surface area contributed by atoms with Crippen molar-refractivity contribution in [3.63, 3.8) is 0 Å². The van der Waals surface area contributed by atoms with Gasteiger partial charge in [0.15, 0.2) is 0 Å². The lowest BCUT2D eigenvalue weighted by Gasteiger charge is -2.38. The van der Waals surface area contributed by atoms with Gasteiger partial charge in [0.25, 0.3) is 0 Å². The van der Waals surface area contributed by atoms with Crippen LogP contribution < -0.4 is 0 Å². The van der Waals surface area contributed by atoms with E-state index in [2.05, 4.69) is 48.5 Å². The topological polar surface area (TPSA) is 40.5 Å². The largest absolute Gasteiger partial charge is 0.385 e. The van der Waals surface area contributed by atoms with Gasteiger partial charge in [0.2, 0.25) is 0 Å². The fourth-order valence-electron chi connectivity index (χ4n) is 11.0. The summed E-state index contributed by atoms with van der Waals surface area (Å²) in [7, 11) is 0. The van der Waals surface area contributed by atoms with Gasteiger partial charge in [-0.15, -0.1) is 0 Å². The first-order chi connectivity index (χ1) is 17.1. The Morgan fingerprint density at radius 3 is 0.886 bits per heavy atom. The molecule has 0 aliphatic heterocycles. The lowest BCUT2D eigenvalue weighted by atomic mass is 9.66. The molecule has 184 valence electrons. The lowest BCUT2D eigenvalue weighted by Crippen LogP contribution is -2.35. The van der Waals surface area contributed by atoms with Crippen LogP contribution in [0.1, 0.15) is 99.3 Å². The van der Waals surface area contributed by atoms with Crippen LogP contribution in [0.5, 0.6) is 0 Å². The van der Waals surface area contributed by atoms with Crippen LogP contribution in [0, 0.1) is 35.5 Å². The molecule has 0 amide bonds. The van der Waals surface area contributed by atoms with Crippen molar-refractivity contribution in [1.82, 2.24) is 0 Å². The van der Waals surface area contributed by atoms with E-state index in [1.54, 1.807) is 0 Å². The average Bonchev–Trinajstić information content (AvgIpc) is 3.76. The van der Waals surface area contributed by atoms with Gasteiger partial charge in [-0.1, -0.05) is 48.5 Å². The summed E-state index contributed by atoms with van der Waals surface area (Å²) in [4.78, 5) is 0. The van der Waals surface area contributed by atoms with E-state index in [4.69, 9.17) is 0 Å². The minimum absolute atomic E-state index is 0.103. The van der Waals surface area contributed by atoms with E-state index < -0.39 is 11.2 Å². The van der Waals surface area contributed by atoms with Crippen LogP contribution in [0.2, 0.25) is 0 Å². The molecule has 0 atom stereocenters. The van der Waals surface area contributed by atoms with E-state index in [0.717, 1.165) is 0 Å². The van der Waals surface area contributed by atoms with Gasteiger partial charge in [-0.25, -0.2) is 0 Å². The molecule has 35 heavy (non-hydrogen) atoms. The third-order valence-electron chi connectivity index (χ3n) is 12.6. The standard InChI is InChI=1S/C33H40O2/c34-32(27-13-14-28(32)16-15-27)25-9-5-23(6-10-25)31(21-1-2-22(31)4-3-21)24-7-11-26(12-8-24)33(35)29-17-18-30(33)20-19-29/h5-12,21-22,27-30,34-35H,1-4,13-20H2. The highest BCUT2D eigenvalue weighted by Crippen LogP contribution is 2.63. The van der Waals surface area contributed by atoms with Crippen LogP contribution in [0.3, 0.4) is 0 Å². The summed E-state index contributed by atoms with van der Waals surface area (Å²) >= 11 is 0. The molecule has 0 heterocycles. The quantitative estimate of drug-likeness (QED) is 0.518. The Bertz CT molecular complexity index is 991. The fourth-order valence-corrected chi connectivity index (χ4v) is 11.0. The second-order valence-electron chi connectivity index (χ2n) is 13.3. The molecule has 6 aliphatic carbocycles. The van der Waals surface area contributed by atoms with Gasteiger partial charge in [-0.05, 0) is 135 Å². The van der Waals surface area contributed by atoms with E-state index >= 15 is 0 Å². The molecule has 0 aromatic heterocycles. The number of hydrogen-bond acceptors (Lipinski definition) is 2. The van der Waals surface area contributed by atoms with E-state index in [-0.39, 0.29) is 5.41 Å². The van der Waals surface area contributed by atoms with Gasteiger partial charge in [-0.2, -0.15) is 0 Å². The van der Waals surface area contributed by atoms with Gasteiger partial charge in [0.1, 0.15) is 0 Å². The molecule has 6 fully saturated rings. The van der Waals surface area contributed by atoms with Gasteiger partial charge < -0.3 is 10.2 Å². The SMILES string of the molecule is OC1(c2ccc(C3(c4ccc(C5(O)C6CCC5CC6)cc4)C4CCC3CC4)cc2)C2CCC1CC2. The summed E-state index contributed by atoms with van der Waals surface area (Å²) in [6.07, 6.45) is 14.9. The van der Waals surface area contributed by atoms with Crippen molar-refractivity contribution >= 4 is 0 Å². The molecule has 6 bridgehead atoms.